The summed E-state index contributed by atoms with van der Waals surface area (Å²) < 4.78 is 10.5. The number of H-pyrrole nitrogens is 1. The van der Waals surface area contributed by atoms with Gasteiger partial charge >= 0.3 is 0 Å². The van der Waals surface area contributed by atoms with Gasteiger partial charge in [-0.1, -0.05) is 30.0 Å². The SMILES string of the molecule is COc1ccc(CNC(=O)C(C)Sc2nc3ccccc3[nH]2)cc1OC. The summed E-state index contributed by atoms with van der Waals surface area (Å²) in [7, 11) is 3.18. The Kier molecular flexibility index (Phi) is 5.68. The van der Waals surface area contributed by atoms with Crippen molar-refractivity contribution >= 4 is 28.7 Å². The van der Waals surface area contributed by atoms with Crippen LogP contribution in [0.15, 0.2) is 47.6 Å². The van der Waals surface area contributed by atoms with Gasteiger partial charge in [0.2, 0.25) is 5.91 Å². The first-order chi connectivity index (χ1) is 12.6. The lowest BCUT2D eigenvalue weighted by molar-refractivity contribution is -0.120. The normalized spacial score (nSPS) is 12.0. The third-order valence-corrected chi connectivity index (χ3v) is 4.92. The molecule has 1 unspecified atom stereocenters. The van der Waals surface area contributed by atoms with Gasteiger partial charge in [-0.15, -0.1) is 0 Å². The molecule has 1 aromatic heterocycles. The number of rotatable bonds is 7. The van der Waals surface area contributed by atoms with Gasteiger partial charge < -0.3 is 19.8 Å². The van der Waals surface area contributed by atoms with Crippen LogP contribution in [-0.2, 0) is 11.3 Å². The standard InChI is InChI=1S/C19H21N3O3S/c1-12(26-19-21-14-6-4-5-7-15(14)22-19)18(23)20-11-13-8-9-16(24-2)17(10-13)25-3/h4-10,12H,11H2,1-3H3,(H,20,23)(H,21,22). The minimum atomic E-state index is -0.268. The van der Waals surface area contributed by atoms with E-state index in [9.17, 15) is 4.79 Å². The lowest BCUT2D eigenvalue weighted by atomic mass is 10.2. The van der Waals surface area contributed by atoms with Gasteiger partial charge in [0.15, 0.2) is 16.7 Å². The first kappa shape index (κ1) is 18.1. The van der Waals surface area contributed by atoms with E-state index in [-0.39, 0.29) is 11.2 Å². The van der Waals surface area contributed by atoms with Crippen molar-refractivity contribution in [2.75, 3.05) is 14.2 Å². The van der Waals surface area contributed by atoms with Crippen LogP contribution < -0.4 is 14.8 Å². The number of ether oxygens (including phenoxy) is 2. The Hall–Kier alpha value is -2.67. The number of aromatic nitrogens is 2. The molecule has 0 spiro atoms. The molecule has 1 heterocycles. The number of nitrogens with one attached hydrogen (secondary N) is 2. The summed E-state index contributed by atoms with van der Waals surface area (Å²) in [6.07, 6.45) is 0. The van der Waals surface area contributed by atoms with Gasteiger partial charge in [0.25, 0.3) is 0 Å². The van der Waals surface area contributed by atoms with Crippen molar-refractivity contribution in [3.05, 3.63) is 48.0 Å². The van der Waals surface area contributed by atoms with E-state index in [1.165, 1.54) is 11.8 Å². The molecule has 2 N–H and O–H groups in total. The number of amides is 1. The highest BCUT2D eigenvalue weighted by Gasteiger charge is 2.16. The molecule has 136 valence electrons. The minimum Gasteiger partial charge on any atom is -0.493 e. The Morgan fingerprint density at radius 3 is 2.69 bits per heavy atom. The average molecular weight is 371 g/mol. The second kappa shape index (κ2) is 8.14. The smallest absolute Gasteiger partial charge is 0.233 e. The molecule has 0 radical (unpaired) electrons. The summed E-state index contributed by atoms with van der Waals surface area (Å²) in [6.45, 7) is 2.28. The van der Waals surface area contributed by atoms with E-state index in [4.69, 9.17) is 9.47 Å². The van der Waals surface area contributed by atoms with E-state index < -0.39 is 0 Å². The van der Waals surface area contributed by atoms with Gasteiger partial charge in [-0.25, -0.2) is 4.98 Å². The van der Waals surface area contributed by atoms with Crippen LogP contribution >= 0.6 is 11.8 Å². The number of methoxy groups -OCH3 is 2. The molecular formula is C19H21N3O3S. The molecule has 0 aliphatic carbocycles. The minimum absolute atomic E-state index is 0.0507. The number of aromatic amines is 1. The third-order valence-electron chi connectivity index (χ3n) is 3.94. The predicted molar refractivity (Wildman–Crippen MR) is 103 cm³/mol. The number of para-hydroxylation sites is 2. The first-order valence-corrected chi connectivity index (χ1v) is 9.08. The fourth-order valence-electron chi connectivity index (χ4n) is 2.53. The van der Waals surface area contributed by atoms with Crippen molar-refractivity contribution in [2.24, 2.45) is 0 Å². The summed E-state index contributed by atoms with van der Waals surface area (Å²) >= 11 is 1.40. The molecule has 26 heavy (non-hydrogen) atoms. The molecule has 3 rings (SSSR count). The van der Waals surface area contributed by atoms with E-state index in [2.05, 4.69) is 15.3 Å². The van der Waals surface area contributed by atoms with Crippen molar-refractivity contribution in [3.63, 3.8) is 0 Å². The Morgan fingerprint density at radius 2 is 1.96 bits per heavy atom. The molecule has 0 aliphatic rings. The average Bonchev–Trinajstić information content (AvgIpc) is 3.07. The molecule has 2 aromatic carbocycles. The molecule has 0 aliphatic heterocycles. The molecule has 1 atom stereocenters. The number of nitrogens with zero attached hydrogens (tertiary/aromatic N) is 1. The molecule has 7 heteroatoms. The summed E-state index contributed by atoms with van der Waals surface area (Å²) in [4.78, 5) is 20.1. The zero-order chi connectivity index (χ0) is 18.5. The monoisotopic (exact) mass is 371 g/mol. The highest BCUT2D eigenvalue weighted by molar-refractivity contribution is 8.00. The van der Waals surface area contributed by atoms with Crippen LogP contribution in [0.3, 0.4) is 0 Å². The van der Waals surface area contributed by atoms with E-state index in [0.29, 0.717) is 18.0 Å². The second-order valence-corrected chi connectivity index (χ2v) is 7.06. The van der Waals surface area contributed by atoms with Crippen LogP contribution in [0.1, 0.15) is 12.5 Å². The van der Waals surface area contributed by atoms with Gasteiger partial charge in [0, 0.05) is 6.54 Å². The summed E-state index contributed by atoms with van der Waals surface area (Å²) in [6, 6.07) is 13.4. The zero-order valence-corrected chi connectivity index (χ0v) is 15.7. The summed E-state index contributed by atoms with van der Waals surface area (Å²) in [5.41, 5.74) is 2.80. The molecule has 6 nitrogen and oxygen atoms in total. The highest BCUT2D eigenvalue weighted by atomic mass is 32.2. The van der Waals surface area contributed by atoms with Crippen molar-refractivity contribution in [2.45, 2.75) is 23.9 Å². The molecule has 0 fully saturated rings. The Bertz CT molecular complexity index is 877. The van der Waals surface area contributed by atoms with Crippen LogP contribution in [0, 0.1) is 0 Å². The number of hydrogen-bond donors (Lipinski definition) is 2. The van der Waals surface area contributed by atoms with Gasteiger partial charge in [-0.05, 0) is 36.8 Å². The Morgan fingerprint density at radius 1 is 1.19 bits per heavy atom. The van der Waals surface area contributed by atoms with Crippen LogP contribution in [0.4, 0.5) is 0 Å². The van der Waals surface area contributed by atoms with Crippen LogP contribution in [0.25, 0.3) is 11.0 Å². The topological polar surface area (TPSA) is 76.2 Å². The fraction of sp³-hybridized carbons (Fsp3) is 0.263. The molecule has 0 saturated carbocycles. The Balaban J connectivity index is 1.59. The van der Waals surface area contributed by atoms with Crippen LogP contribution in [-0.4, -0.2) is 35.3 Å². The van der Waals surface area contributed by atoms with Crippen LogP contribution in [0.2, 0.25) is 0 Å². The van der Waals surface area contributed by atoms with Crippen molar-refractivity contribution in [1.29, 1.82) is 0 Å². The van der Waals surface area contributed by atoms with Gasteiger partial charge in [-0.2, -0.15) is 0 Å². The number of hydrogen-bond acceptors (Lipinski definition) is 5. The molecule has 1 amide bonds. The van der Waals surface area contributed by atoms with Gasteiger partial charge in [0.1, 0.15) is 0 Å². The molecule has 3 aromatic rings. The fourth-order valence-corrected chi connectivity index (χ4v) is 3.37. The summed E-state index contributed by atoms with van der Waals surface area (Å²) in [5, 5.41) is 3.41. The maximum atomic E-state index is 12.4. The molecular weight excluding hydrogens is 350 g/mol. The van der Waals surface area contributed by atoms with E-state index >= 15 is 0 Å². The number of carbonyl (C=O) groups excluding carboxylic acids is 1. The van der Waals surface area contributed by atoms with Gasteiger partial charge in [0.05, 0.1) is 30.5 Å². The van der Waals surface area contributed by atoms with Crippen molar-refractivity contribution < 1.29 is 14.3 Å². The number of thioether (sulfide) groups is 1. The van der Waals surface area contributed by atoms with E-state index in [1.807, 2.05) is 49.4 Å². The molecule has 0 bridgehead atoms. The predicted octanol–water partition coefficient (Wildman–Crippen LogP) is 3.38. The third kappa shape index (κ3) is 4.11. The quantitative estimate of drug-likeness (QED) is 0.623. The molecule has 0 saturated heterocycles. The number of carbonyl (C=O) groups is 1. The number of benzene rings is 2. The largest absolute Gasteiger partial charge is 0.493 e. The highest BCUT2D eigenvalue weighted by Crippen LogP contribution is 2.27. The Labute approximate surface area is 156 Å². The lowest BCUT2D eigenvalue weighted by Gasteiger charge is -2.12. The van der Waals surface area contributed by atoms with Crippen molar-refractivity contribution in [1.82, 2.24) is 15.3 Å². The zero-order valence-electron chi connectivity index (χ0n) is 14.9. The van der Waals surface area contributed by atoms with Crippen LogP contribution in [0.5, 0.6) is 11.5 Å². The lowest BCUT2D eigenvalue weighted by Crippen LogP contribution is -2.30. The maximum Gasteiger partial charge on any atom is 0.233 e. The van der Waals surface area contributed by atoms with Crippen molar-refractivity contribution in [3.8, 4) is 11.5 Å². The maximum absolute atomic E-state index is 12.4. The first-order valence-electron chi connectivity index (χ1n) is 8.20. The van der Waals surface area contributed by atoms with E-state index in [0.717, 1.165) is 21.8 Å². The second-order valence-electron chi connectivity index (χ2n) is 5.73. The number of imidazole rings is 1. The summed E-state index contributed by atoms with van der Waals surface area (Å²) in [5.74, 6) is 1.26. The van der Waals surface area contributed by atoms with E-state index in [1.54, 1.807) is 14.2 Å². The number of fused-ring (bicyclic) bond motifs is 1. The van der Waals surface area contributed by atoms with Gasteiger partial charge in [-0.3, -0.25) is 4.79 Å².